The Morgan fingerprint density at radius 1 is 1.00 bits per heavy atom. The zero-order valence-electron chi connectivity index (χ0n) is 12.0. The van der Waals surface area contributed by atoms with Gasteiger partial charge in [0, 0.05) is 10.3 Å². The van der Waals surface area contributed by atoms with Gasteiger partial charge in [-0.25, -0.2) is 0 Å². The van der Waals surface area contributed by atoms with Crippen LogP contribution >= 0.6 is 11.8 Å². The molecule has 102 valence electrons. The first-order chi connectivity index (χ1) is 9.65. The minimum atomic E-state index is 0.532. The normalized spacial score (nSPS) is 11.4. The third-order valence-electron chi connectivity index (χ3n) is 3.46. The minimum absolute atomic E-state index is 0.532. The van der Waals surface area contributed by atoms with Gasteiger partial charge in [0.05, 0.1) is 4.90 Å². The lowest BCUT2D eigenvalue weighted by molar-refractivity contribution is 0.568. The molecule has 2 heteroatoms. The first-order valence-corrected chi connectivity index (χ1v) is 7.73. The van der Waals surface area contributed by atoms with E-state index in [0.29, 0.717) is 5.92 Å². The van der Waals surface area contributed by atoms with Crippen molar-refractivity contribution in [1.29, 1.82) is 0 Å². The molecule has 0 saturated carbocycles. The average Bonchev–Trinajstić information content (AvgIpc) is 2.75. The van der Waals surface area contributed by atoms with Crippen molar-refractivity contribution in [2.75, 3.05) is 0 Å². The Kier molecular flexibility index (Phi) is 3.58. The molecule has 1 nitrogen and oxygen atoms in total. The van der Waals surface area contributed by atoms with Crippen LogP contribution in [0.5, 0.6) is 0 Å². The highest BCUT2D eigenvalue weighted by molar-refractivity contribution is 7.99. The summed E-state index contributed by atoms with van der Waals surface area (Å²) in [5, 5.41) is 1.22. The van der Waals surface area contributed by atoms with Crippen LogP contribution in [0.25, 0.3) is 11.0 Å². The smallest absolute Gasteiger partial charge is 0.135 e. The predicted molar refractivity (Wildman–Crippen MR) is 85.6 cm³/mol. The van der Waals surface area contributed by atoms with Crippen LogP contribution in [0, 0.1) is 6.92 Å². The molecular weight excluding hydrogens is 264 g/mol. The predicted octanol–water partition coefficient (Wildman–Crippen LogP) is 6.02. The van der Waals surface area contributed by atoms with Gasteiger partial charge >= 0.3 is 0 Å². The van der Waals surface area contributed by atoms with Crippen LogP contribution in [0.1, 0.15) is 31.1 Å². The summed E-state index contributed by atoms with van der Waals surface area (Å²) < 4.78 is 5.89. The minimum Gasteiger partial charge on any atom is -0.460 e. The lowest BCUT2D eigenvalue weighted by Gasteiger charge is -2.05. The molecule has 0 radical (unpaired) electrons. The van der Waals surface area contributed by atoms with Gasteiger partial charge in [-0.1, -0.05) is 49.9 Å². The molecule has 3 rings (SSSR count). The number of hydrogen-bond donors (Lipinski definition) is 0. The molecule has 0 aliphatic rings. The summed E-state index contributed by atoms with van der Waals surface area (Å²) in [6, 6.07) is 17.0. The number of aryl methyl sites for hydroxylation is 1. The molecule has 0 amide bonds. The van der Waals surface area contributed by atoms with Gasteiger partial charge in [-0.05, 0) is 42.7 Å². The zero-order valence-corrected chi connectivity index (χ0v) is 12.8. The zero-order chi connectivity index (χ0) is 14.1. The van der Waals surface area contributed by atoms with E-state index in [1.54, 1.807) is 11.8 Å². The molecule has 0 aliphatic heterocycles. The average molecular weight is 282 g/mol. The quantitative estimate of drug-likeness (QED) is 0.583. The third-order valence-corrected chi connectivity index (χ3v) is 4.68. The maximum atomic E-state index is 5.89. The van der Waals surface area contributed by atoms with E-state index in [4.69, 9.17) is 4.42 Å². The van der Waals surface area contributed by atoms with Gasteiger partial charge < -0.3 is 4.42 Å². The lowest BCUT2D eigenvalue weighted by Crippen LogP contribution is -1.85. The van der Waals surface area contributed by atoms with Crippen LogP contribution < -0.4 is 0 Å². The van der Waals surface area contributed by atoms with E-state index >= 15 is 0 Å². The number of hydrogen-bond acceptors (Lipinski definition) is 2. The Bertz CT molecular complexity index is 726. The van der Waals surface area contributed by atoms with Crippen molar-refractivity contribution in [1.82, 2.24) is 0 Å². The molecular formula is C18H18OS. The number of rotatable bonds is 3. The number of fused-ring (bicyclic) bond motifs is 1. The van der Waals surface area contributed by atoms with Crippen LogP contribution in [0.3, 0.4) is 0 Å². The van der Waals surface area contributed by atoms with E-state index in [1.165, 1.54) is 20.7 Å². The lowest BCUT2D eigenvalue weighted by atomic mass is 10.0. The summed E-state index contributed by atoms with van der Waals surface area (Å²) >= 11 is 1.78. The number of furan rings is 1. The van der Waals surface area contributed by atoms with Crippen molar-refractivity contribution < 1.29 is 4.42 Å². The standard InChI is InChI=1S/C18H18OS/c1-12(2)14-9-10-17-16(11-14)18(13(3)19-17)20-15-7-5-4-6-8-15/h4-12H,1-3H3. The second-order valence-corrected chi connectivity index (χ2v) is 6.40. The van der Waals surface area contributed by atoms with Crippen molar-refractivity contribution in [2.24, 2.45) is 0 Å². The summed E-state index contributed by atoms with van der Waals surface area (Å²) in [6.07, 6.45) is 0. The molecule has 3 aromatic rings. The van der Waals surface area contributed by atoms with Crippen molar-refractivity contribution in [3.8, 4) is 0 Å². The van der Waals surface area contributed by atoms with E-state index in [1.807, 2.05) is 13.0 Å². The maximum absolute atomic E-state index is 5.89. The van der Waals surface area contributed by atoms with E-state index in [2.05, 4.69) is 56.3 Å². The van der Waals surface area contributed by atoms with Crippen LogP contribution in [0.2, 0.25) is 0 Å². The molecule has 0 N–H and O–H groups in total. The fourth-order valence-electron chi connectivity index (χ4n) is 2.31. The van der Waals surface area contributed by atoms with Gasteiger partial charge in [-0.3, -0.25) is 0 Å². The summed E-state index contributed by atoms with van der Waals surface area (Å²) in [6.45, 7) is 6.48. The highest BCUT2D eigenvalue weighted by Crippen LogP contribution is 2.39. The molecule has 0 fully saturated rings. The molecule has 0 bridgehead atoms. The molecule has 1 aromatic heterocycles. The fourth-order valence-corrected chi connectivity index (χ4v) is 3.29. The van der Waals surface area contributed by atoms with Gasteiger partial charge in [0.25, 0.3) is 0 Å². The maximum Gasteiger partial charge on any atom is 0.135 e. The highest BCUT2D eigenvalue weighted by atomic mass is 32.2. The molecule has 0 saturated heterocycles. The molecule has 1 heterocycles. The van der Waals surface area contributed by atoms with Crippen LogP contribution in [-0.4, -0.2) is 0 Å². The Labute approximate surface area is 124 Å². The molecule has 20 heavy (non-hydrogen) atoms. The summed E-state index contributed by atoms with van der Waals surface area (Å²) in [7, 11) is 0. The van der Waals surface area contributed by atoms with Gasteiger partial charge in [0.15, 0.2) is 0 Å². The van der Waals surface area contributed by atoms with Crippen molar-refractivity contribution in [2.45, 2.75) is 36.5 Å². The van der Waals surface area contributed by atoms with Crippen LogP contribution in [0.15, 0.2) is 62.7 Å². The van der Waals surface area contributed by atoms with Gasteiger partial charge in [-0.2, -0.15) is 0 Å². The monoisotopic (exact) mass is 282 g/mol. The van der Waals surface area contributed by atoms with E-state index < -0.39 is 0 Å². The molecule has 0 aliphatic carbocycles. The van der Waals surface area contributed by atoms with Gasteiger partial charge in [-0.15, -0.1) is 0 Å². The highest BCUT2D eigenvalue weighted by Gasteiger charge is 2.13. The third kappa shape index (κ3) is 2.48. The molecule has 2 aromatic carbocycles. The van der Waals surface area contributed by atoms with E-state index in [0.717, 1.165) is 11.3 Å². The largest absolute Gasteiger partial charge is 0.460 e. The Morgan fingerprint density at radius 2 is 1.75 bits per heavy atom. The van der Waals surface area contributed by atoms with Crippen molar-refractivity contribution in [3.05, 3.63) is 59.9 Å². The summed E-state index contributed by atoms with van der Waals surface area (Å²) in [5.74, 6) is 1.53. The molecule has 0 spiro atoms. The Balaban J connectivity index is 2.09. The fraction of sp³-hybridized carbons (Fsp3) is 0.222. The Hall–Kier alpha value is -1.67. The first kappa shape index (κ1) is 13.3. The van der Waals surface area contributed by atoms with Crippen LogP contribution in [-0.2, 0) is 0 Å². The molecule has 0 atom stereocenters. The van der Waals surface area contributed by atoms with Gasteiger partial charge in [0.2, 0.25) is 0 Å². The molecule has 0 unspecified atom stereocenters. The van der Waals surface area contributed by atoms with E-state index in [-0.39, 0.29) is 0 Å². The SMILES string of the molecule is Cc1oc2ccc(C(C)C)cc2c1Sc1ccccc1. The first-order valence-electron chi connectivity index (χ1n) is 6.91. The van der Waals surface area contributed by atoms with E-state index in [9.17, 15) is 0 Å². The van der Waals surface area contributed by atoms with Crippen LogP contribution in [0.4, 0.5) is 0 Å². The number of benzene rings is 2. The topological polar surface area (TPSA) is 13.1 Å². The summed E-state index contributed by atoms with van der Waals surface area (Å²) in [4.78, 5) is 2.47. The second-order valence-electron chi connectivity index (χ2n) is 5.31. The van der Waals surface area contributed by atoms with Gasteiger partial charge in [0.1, 0.15) is 11.3 Å². The second kappa shape index (κ2) is 5.37. The van der Waals surface area contributed by atoms with Crippen molar-refractivity contribution >= 4 is 22.7 Å². The Morgan fingerprint density at radius 3 is 2.45 bits per heavy atom. The summed E-state index contributed by atoms with van der Waals surface area (Å²) in [5.41, 5.74) is 2.33. The van der Waals surface area contributed by atoms with Crippen molar-refractivity contribution in [3.63, 3.8) is 0 Å².